The summed E-state index contributed by atoms with van der Waals surface area (Å²) < 4.78 is 22.5. The second kappa shape index (κ2) is 42.9. The number of allylic oxidation sites excluding steroid dienone is 16. The largest absolute Gasteiger partial charge is 0.545 e. The van der Waals surface area contributed by atoms with Crippen LogP contribution in [0.5, 0.6) is 0 Å². The molecule has 0 heterocycles. The first-order valence-corrected chi connectivity index (χ1v) is 23.4. The van der Waals surface area contributed by atoms with Gasteiger partial charge in [0.25, 0.3) is 0 Å². The van der Waals surface area contributed by atoms with Gasteiger partial charge in [0.15, 0.2) is 12.4 Å². The second-order valence-electron chi connectivity index (χ2n) is 16.3. The van der Waals surface area contributed by atoms with Crippen LogP contribution in [0.2, 0.25) is 0 Å². The Morgan fingerprint density at radius 1 is 0.508 bits per heavy atom. The summed E-state index contributed by atoms with van der Waals surface area (Å²) in [6.07, 6.45) is 53.1. The van der Waals surface area contributed by atoms with Gasteiger partial charge in [-0.2, -0.15) is 0 Å². The normalized spacial score (nSPS) is 13.8. The highest BCUT2D eigenvalue weighted by molar-refractivity contribution is 5.70. The van der Waals surface area contributed by atoms with Crippen LogP contribution < -0.4 is 5.11 Å². The number of hydrogen-bond donors (Lipinski definition) is 0. The lowest BCUT2D eigenvalue weighted by atomic mass is 10.1. The van der Waals surface area contributed by atoms with Crippen LogP contribution >= 0.6 is 0 Å². The van der Waals surface area contributed by atoms with Gasteiger partial charge in [0.05, 0.1) is 40.3 Å². The van der Waals surface area contributed by atoms with Crippen molar-refractivity contribution in [3.8, 4) is 0 Å². The first kappa shape index (κ1) is 57.2. The number of carbonyl (C=O) groups is 3. The highest BCUT2D eigenvalue weighted by Gasteiger charge is 2.21. The Morgan fingerprint density at radius 2 is 0.967 bits per heavy atom. The molecule has 2 unspecified atom stereocenters. The smallest absolute Gasteiger partial charge is 0.306 e. The van der Waals surface area contributed by atoms with Crippen molar-refractivity contribution in [2.75, 3.05) is 47.5 Å². The van der Waals surface area contributed by atoms with E-state index in [1.165, 1.54) is 44.9 Å². The molecule has 0 aliphatic rings. The SMILES string of the molecule is CC/C=C\C/C=C\C/C=C\C/C=C\C/C=C\C/C=C\CCC(=O)OC(COC(=O)CCCCCCCCC/C=C\C/C=C\CCCCC)COC(OCC[N+](C)(C)C)C(=O)[O-]. The van der Waals surface area contributed by atoms with Gasteiger partial charge in [-0.25, -0.2) is 0 Å². The predicted molar refractivity (Wildman–Crippen MR) is 250 cm³/mol. The van der Waals surface area contributed by atoms with E-state index in [1.807, 2.05) is 33.3 Å². The van der Waals surface area contributed by atoms with Gasteiger partial charge in [-0.15, -0.1) is 0 Å². The minimum atomic E-state index is -1.65. The minimum Gasteiger partial charge on any atom is -0.545 e. The molecular formula is C52H85NO8. The minimum absolute atomic E-state index is 0.115. The number of hydrogen-bond acceptors (Lipinski definition) is 8. The van der Waals surface area contributed by atoms with Crippen molar-refractivity contribution >= 4 is 17.9 Å². The first-order valence-electron chi connectivity index (χ1n) is 23.4. The van der Waals surface area contributed by atoms with Crippen molar-refractivity contribution in [1.29, 1.82) is 0 Å². The van der Waals surface area contributed by atoms with E-state index in [2.05, 4.69) is 98.9 Å². The van der Waals surface area contributed by atoms with Crippen LogP contribution in [-0.4, -0.2) is 82.3 Å². The zero-order valence-corrected chi connectivity index (χ0v) is 39.0. The van der Waals surface area contributed by atoms with Crippen LogP contribution in [0.1, 0.15) is 155 Å². The van der Waals surface area contributed by atoms with Gasteiger partial charge in [0.2, 0.25) is 0 Å². The van der Waals surface area contributed by atoms with E-state index in [-0.39, 0.29) is 32.7 Å². The molecule has 0 N–H and O–H groups in total. The Morgan fingerprint density at radius 3 is 1.46 bits per heavy atom. The molecule has 61 heavy (non-hydrogen) atoms. The van der Waals surface area contributed by atoms with E-state index in [0.29, 0.717) is 23.9 Å². The van der Waals surface area contributed by atoms with Crippen molar-refractivity contribution in [2.45, 2.75) is 167 Å². The molecule has 2 atom stereocenters. The summed E-state index contributed by atoms with van der Waals surface area (Å²) in [7, 11) is 5.87. The molecule has 0 radical (unpaired) electrons. The second-order valence-corrected chi connectivity index (χ2v) is 16.3. The number of carbonyl (C=O) groups excluding carboxylic acids is 3. The zero-order valence-electron chi connectivity index (χ0n) is 39.0. The number of carboxylic acids is 1. The third-order valence-electron chi connectivity index (χ3n) is 9.33. The Balaban J connectivity index is 4.57. The number of aliphatic carboxylic acids is 1. The molecule has 0 saturated heterocycles. The Hall–Kier alpha value is -3.79. The molecule has 9 heteroatoms. The molecule has 0 fully saturated rings. The summed E-state index contributed by atoms with van der Waals surface area (Å²) in [5.41, 5.74) is 0. The maximum Gasteiger partial charge on any atom is 0.306 e. The number of esters is 2. The average Bonchev–Trinajstić information content (AvgIpc) is 3.22. The zero-order chi connectivity index (χ0) is 44.9. The maximum absolute atomic E-state index is 12.7. The van der Waals surface area contributed by atoms with Gasteiger partial charge >= 0.3 is 11.9 Å². The van der Waals surface area contributed by atoms with Gasteiger partial charge in [-0.05, 0) is 83.5 Å². The number of rotatable bonds is 41. The van der Waals surface area contributed by atoms with E-state index in [9.17, 15) is 19.5 Å². The van der Waals surface area contributed by atoms with Gasteiger partial charge in [0, 0.05) is 12.8 Å². The Bertz CT molecular complexity index is 1320. The third-order valence-corrected chi connectivity index (χ3v) is 9.33. The van der Waals surface area contributed by atoms with Crippen molar-refractivity contribution < 1.29 is 42.9 Å². The standard InChI is InChI=1S/C52H85NO8/c1-6-8-10-12-14-16-18-20-22-24-25-27-29-31-33-35-37-39-41-43-50(55)61-48(47-60-52(51(56)57)58-45-44-53(3,4)5)46-59-49(54)42-40-38-36-34-32-30-28-26-23-21-19-17-15-13-11-9-7-2/h8,10,14-17,20-23,25,27,31,33,37,39,48,52H,6-7,9,11-13,18-19,24,26,28-30,32,34-36,38,40-47H2,1-5H3/b10-8-,16-14-,17-15-,22-20-,23-21-,27-25-,33-31-,39-37-. The average molecular weight is 852 g/mol. The fraction of sp³-hybridized carbons (Fsp3) is 0.635. The molecular weight excluding hydrogens is 767 g/mol. The van der Waals surface area contributed by atoms with E-state index in [1.54, 1.807) is 0 Å². The molecule has 0 saturated carbocycles. The van der Waals surface area contributed by atoms with Crippen molar-refractivity contribution in [1.82, 2.24) is 0 Å². The van der Waals surface area contributed by atoms with Crippen molar-refractivity contribution in [3.05, 3.63) is 97.2 Å². The monoisotopic (exact) mass is 852 g/mol. The summed E-state index contributed by atoms with van der Waals surface area (Å²) in [6, 6.07) is 0. The topological polar surface area (TPSA) is 111 Å². The summed E-state index contributed by atoms with van der Waals surface area (Å²) >= 11 is 0. The summed E-state index contributed by atoms with van der Waals surface area (Å²) in [5.74, 6) is -2.42. The van der Waals surface area contributed by atoms with Crippen LogP contribution in [0, 0.1) is 0 Å². The number of quaternary nitrogens is 1. The molecule has 9 nitrogen and oxygen atoms in total. The van der Waals surface area contributed by atoms with E-state index < -0.39 is 30.3 Å². The van der Waals surface area contributed by atoms with Crippen LogP contribution in [0.15, 0.2) is 97.2 Å². The summed E-state index contributed by atoms with van der Waals surface area (Å²) in [5, 5.41) is 11.7. The predicted octanol–water partition coefficient (Wildman–Crippen LogP) is 11.3. The number of ether oxygens (including phenoxy) is 4. The molecule has 0 aliphatic heterocycles. The fourth-order valence-electron chi connectivity index (χ4n) is 5.71. The fourth-order valence-corrected chi connectivity index (χ4v) is 5.71. The van der Waals surface area contributed by atoms with E-state index in [0.717, 1.165) is 70.6 Å². The van der Waals surface area contributed by atoms with Crippen molar-refractivity contribution in [3.63, 3.8) is 0 Å². The molecule has 0 bridgehead atoms. The van der Waals surface area contributed by atoms with Gasteiger partial charge in [0.1, 0.15) is 13.2 Å². The molecule has 0 amide bonds. The first-order chi connectivity index (χ1) is 29.6. The van der Waals surface area contributed by atoms with Gasteiger partial charge in [-0.1, -0.05) is 156 Å². The molecule has 0 rings (SSSR count). The molecule has 346 valence electrons. The highest BCUT2D eigenvalue weighted by Crippen LogP contribution is 2.12. The summed E-state index contributed by atoms with van der Waals surface area (Å²) in [6.45, 7) is 4.48. The van der Waals surface area contributed by atoms with Gasteiger partial charge in [-0.3, -0.25) is 9.59 Å². The number of unbranched alkanes of at least 4 members (excludes halogenated alkanes) is 10. The van der Waals surface area contributed by atoms with Crippen LogP contribution in [0.3, 0.4) is 0 Å². The van der Waals surface area contributed by atoms with Crippen LogP contribution in [0.25, 0.3) is 0 Å². The lowest BCUT2D eigenvalue weighted by Gasteiger charge is -2.26. The Kier molecular flexibility index (Phi) is 40.2. The highest BCUT2D eigenvalue weighted by atomic mass is 16.7. The molecule has 0 aromatic carbocycles. The molecule has 0 spiro atoms. The lowest BCUT2D eigenvalue weighted by Crippen LogP contribution is -2.44. The van der Waals surface area contributed by atoms with Crippen LogP contribution in [0.4, 0.5) is 0 Å². The Labute approximate surface area is 372 Å². The van der Waals surface area contributed by atoms with Crippen molar-refractivity contribution in [2.24, 2.45) is 0 Å². The number of likely N-dealkylation sites (N-methyl/N-ethyl adjacent to an activating group) is 1. The number of carboxylic acid groups (broad SMARTS) is 1. The van der Waals surface area contributed by atoms with E-state index >= 15 is 0 Å². The maximum atomic E-state index is 12.7. The van der Waals surface area contributed by atoms with Gasteiger partial charge < -0.3 is 33.3 Å². The third kappa shape index (κ3) is 44.1. The quantitative estimate of drug-likeness (QED) is 0.0197. The lowest BCUT2D eigenvalue weighted by molar-refractivity contribution is -0.870. The summed E-state index contributed by atoms with van der Waals surface area (Å²) in [4.78, 5) is 37.0. The molecule has 0 aromatic rings. The molecule has 0 aliphatic carbocycles. The van der Waals surface area contributed by atoms with Crippen LogP contribution in [-0.2, 0) is 33.3 Å². The molecule has 0 aromatic heterocycles. The van der Waals surface area contributed by atoms with E-state index in [4.69, 9.17) is 18.9 Å². The number of nitrogens with zero attached hydrogens (tertiary/aromatic N) is 1.